The van der Waals surface area contributed by atoms with Crippen LogP contribution in [0.2, 0.25) is 0 Å². The second-order valence-corrected chi connectivity index (χ2v) is 10.8. The van der Waals surface area contributed by atoms with Gasteiger partial charge in [0.2, 0.25) is 0 Å². The maximum atomic E-state index is 13.5. The van der Waals surface area contributed by atoms with Crippen molar-refractivity contribution in [1.82, 2.24) is 0 Å². The summed E-state index contributed by atoms with van der Waals surface area (Å²) in [6.07, 6.45) is -0.154. The van der Waals surface area contributed by atoms with E-state index in [4.69, 9.17) is 5.11 Å². The molecule has 0 saturated carbocycles. The number of hydrogen-bond donors (Lipinski definition) is 2. The van der Waals surface area contributed by atoms with Crippen LogP contribution in [0.15, 0.2) is 96.6 Å². The van der Waals surface area contributed by atoms with E-state index in [2.05, 4.69) is 20.8 Å². The fourth-order valence-electron chi connectivity index (χ4n) is 5.02. The van der Waals surface area contributed by atoms with Gasteiger partial charge in [0, 0.05) is 11.3 Å². The van der Waals surface area contributed by atoms with Gasteiger partial charge < -0.3 is 10.2 Å². The van der Waals surface area contributed by atoms with Crippen LogP contribution in [-0.4, -0.2) is 27.9 Å². The molecule has 6 heteroatoms. The highest BCUT2D eigenvalue weighted by Crippen LogP contribution is 2.43. The number of amides is 1. The Labute approximate surface area is 226 Å². The highest BCUT2D eigenvalue weighted by atomic mass is 16.4. The maximum absolute atomic E-state index is 13.5. The third-order valence-electron chi connectivity index (χ3n) is 7.13. The molecule has 1 atom stereocenters. The molecule has 4 aromatic carbocycles. The molecule has 4 aromatic rings. The molecule has 39 heavy (non-hydrogen) atoms. The molecule has 0 spiro atoms. The van der Waals surface area contributed by atoms with Crippen molar-refractivity contribution >= 4 is 39.9 Å². The van der Waals surface area contributed by atoms with Crippen molar-refractivity contribution < 1.29 is 24.6 Å². The third-order valence-corrected chi connectivity index (χ3v) is 7.13. The zero-order valence-electron chi connectivity index (χ0n) is 22.0. The van der Waals surface area contributed by atoms with Crippen LogP contribution in [0.25, 0.3) is 16.5 Å². The first-order chi connectivity index (χ1) is 18.5. The van der Waals surface area contributed by atoms with Crippen molar-refractivity contribution in [2.24, 2.45) is 0 Å². The van der Waals surface area contributed by atoms with Crippen molar-refractivity contribution in [3.05, 3.63) is 119 Å². The molecule has 0 radical (unpaired) electrons. The summed E-state index contributed by atoms with van der Waals surface area (Å²) in [7, 11) is 0. The second kappa shape index (κ2) is 9.87. The van der Waals surface area contributed by atoms with Crippen molar-refractivity contribution in [2.75, 3.05) is 4.90 Å². The van der Waals surface area contributed by atoms with Gasteiger partial charge in [-0.25, -0.2) is 0 Å². The Bertz CT molecular complexity index is 1630. The van der Waals surface area contributed by atoms with Gasteiger partial charge in [-0.15, -0.1) is 0 Å². The van der Waals surface area contributed by atoms with E-state index in [9.17, 15) is 19.5 Å². The molecule has 1 heterocycles. The lowest BCUT2D eigenvalue weighted by Crippen LogP contribution is -2.29. The molecule has 1 fully saturated rings. The summed E-state index contributed by atoms with van der Waals surface area (Å²) in [5.74, 6) is -2.74. The molecule has 0 aliphatic carbocycles. The van der Waals surface area contributed by atoms with Crippen LogP contribution < -0.4 is 4.90 Å². The average molecular weight is 520 g/mol. The number of benzene rings is 4. The number of ketones is 1. The van der Waals surface area contributed by atoms with Gasteiger partial charge in [-0.1, -0.05) is 93.6 Å². The zero-order valence-corrected chi connectivity index (χ0v) is 22.0. The Balaban J connectivity index is 1.67. The minimum absolute atomic E-state index is 0.00778. The van der Waals surface area contributed by atoms with Crippen LogP contribution >= 0.6 is 0 Å². The number of Topliss-reactive ketones (excluding diaryl/α,β-unsaturated/α-hetero) is 1. The lowest BCUT2D eigenvalue weighted by molar-refractivity contribution is -0.136. The summed E-state index contributed by atoms with van der Waals surface area (Å²) in [5, 5.41) is 22.5. The summed E-state index contributed by atoms with van der Waals surface area (Å²) < 4.78 is 0. The molecule has 0 aromatic heterocycles. The number of nitrogens with zero attached hydrogens (tertiary/aromatic N) is 1. The highest BCUT2D eigenvalue weighted by Gasteiger charge is 2.47. The highest BCUT2D eigenvalue weighted by molar-refractivity contribution is 6.51. The number of carbonyl (C=O) groups is 3. The summed E-state index contributed by atoms with van der Waals surface area (Å²) in [6, 6.07) is 26.5. The first kappa shape index (κ1) is 25.9. The number of carboxylic acid groups (broad SMARTS) is 1. The van der Waals surface area contributed by atoms with Crippen LogP contribution in [-0.2, 0) is 26.2 Å². The summed E-state index contributed by atoms with van der Waals surface area (Å²) in [5.41, 5.74) is 3.15. The Morgan fingerprint density at radius 3 is 2.08 bits per heavy atom. The normalized spacial score (nSPS) is 17.1. The summed E-state index contributed by atoms with van der Waals surface area (Å²) >= 11 is 0. The molecule has 196 valence electrons. The minimum atomic E-state index is -0.961. The van der Waals surface area contributed by atoms with Crippen LogP contribution in [0.1, 0.15) is 49.1 Å². The SMILES string of the molecule is CC(C)(C)c1ccc(C2/C(=C(/O)c3ccc4ccccc4c3)C(=O)C(=O)N2c2ccc(CC(=O)O)cc2)cc1. The van der Waals surface area contributed by atoms with Crippen molar-refractivity contribution in [3.63, 3.8) is 0 Å². The first-order valence-electron chi connectivity index (χ1n) is 12.8. The Morgan fingerprint density at radius 1 is 0.821 bits per heavy atom. The molecule has 1 aliphatic heterocycles. The van der Waals surface area contributed by atoms with E-state index in [0.717, 1.165) is 16.3 Å². The number of aliphatic hydroxyl groups is 1. The smallest absolute Gasteiger partial charge is 0.307 e. The van der Waals surface area contributed by atoms with Gasteiger partial charge in [0.1, 0.15) is 5.76 Å². The predicted octanol–water partition coefficient (Wildman–Crippen LogP) is 6.39. The van der Waals surface area contributed by atoms with Gasteiger partial charge in [-0.05, 0) is 51.1 Å². The van der Waals surface area contributed by atoms with Gasteiger partial charge in [-0.2, -0.15) is 0 Å². The van der Waals surface area contributed by atoms with E-state index in [1.54, 1.807) is 36.4 Å². The van der Waals surface area contributed by atoms with Gasteiger partial charge >= 0.3 is 5.97 Å². The maximum Gasteiger partial charge on any atom is 0.307 e. The van der Waals surface area contributed by atoms with Gasteiger partial charge in [0.15, 0.2) is 0 Å². The molecule has 1 aliphatic rings. The molecule has 0 bridgehead atoms. The predicted molar refractivity (Wildman–Crippen MR) is 152 cm³/mol. The van der Waals surface area contributed by atoms with E-state index in [1.807, 2.05) is 54.6 Å². The topological polar surface area (TPSA) is 94.9 Å². The fraction of sp³-hybridized carbons (Fsp3) is 0.182. The monoisotopic (exact) mass is 519 g/mol. The Hall–Kier alpha value is -4.71. The number of aliphatic carboxylic acids is 1. The van der Waals surface area contributed by atoms with E-state index in [0.29, 0.717) is 22.4 Å². The quantitative estimate of drug-likeness (QED) is 0.181. The number of fused-ring (bicyclic) bond motifs is 1. The number of anilines is 1. The second-order valence-electron chi connectivity index (χ2n) is 10.8. The molecule has 5 rings (SSSR count). The number of carbonyl (C=O) groups excluding carboxylic acids is 2. The molecule has 2 N–H and O–H groups in total. The third kappa shape index (κ3) is 4.93. The van der Waals surface area contributed by atoms with Crippen LogP contribution in [0.4, 0.5) is 5.69 Å². The Morgan fingerprint density at radius 2 is 1.46 bits per heavy atom. The van der Waals surface area contributed by atoms with Gasteiger partial charge in [0.05, 0.1) is 18.0 Å². The average Bonchev–Trinajstić information content (AvgIpc) is 3.18. The van der Waals surface area contributed by atoms with Crippen LogP contribution in [0, 0.1) is 0 Å². The zero-order chi connectivity index (χ0) is 27.9. The lowest BCUT2D eigenvalue weighted by Gasteiger charge is -2.27. The number of hydrogen-bond acceptors (Lipinski definition) is 4. The number of rotatable bonds is 5. The number of aliphatic hydroxyl groups excluding tert-OH is 1. The lowest BCUT2D eigenvalue weighted by atomic mass is 9.85. The van der Waals surface area contributed by atoms with Gasteiger partial charge in [-0.3, -0.25) is 19.3 Å². The van der Waals surface area contributed by atoms with Crippen molar-refractivity contribution in [3.8, 4) is 0 Å². The molecular formula is C33H29NO5. The van der Waals surface area contributed by atoms with Crippen molar-refractivity contribution in [1.29, 1.82) is 0 Å². The van der Waals surface area contributed by atoms with E-state index in [1.165, 1.54) is 4.90 Å². The minimum Gasteiger partial charge on any atom is -0.507 e. The standard InChI is InChI=1S/C33H29NO5/c1-33(2,3)25-14-12-22(13-15-25)29-28(30(37)24-11-10-21-6-4-5-7-23(21)19-24)31(38)32(39)34(29)26-16-8-20(9-17-26)18-27(35)36/h4-17,19,29,37H,18H2,1-3H3,(H,35,36)/b30-28-. The van der Waals surface area contributed by atoms with Crippen LogP contribution in [0.3, 0.4) is 0 Å². The van der Waals surface area contributed by atoms with Crippen LogP contribution in [0.5, 0.6) is 0 Å². The number of carboxylic acids is 1. The largest absolute Gasteiger partial charge is 0.507 e. The molecule has 1 unspecified atom stereocenters. The van der Waals surface area contributed by atoms with E-state index < -0.39 is 23.7 Å². The summed E-state index contributed by atoms with van der Waals surface area (Å²) in [4.78, 5) is 39.5. The van der Waals surface area contributed by atoms with E-state index >= 15 is 0 Å². The molecular weight excluding hydrogens is 490 g/mol. The fourth-order valence-corrected chi connectivity index (χ4v) is 5.02. The molecule has 6 nitrogen and oxygen atoms in total. The van der Waals surface area contributed by atoms with E-state index in [-0.39, 0.29) is 23.2 Å². The van der Waals surface area contributed by atoms with Crippen molar-refractivity contribution in [2.45, 2.75) is 38.6 Å². The molecule has 1 amide bonds. The van der Waals surface area contributed by atoms with Gasteiger partial charge in [0.25, 0.3) is 11.7 Å². The molecule has 1 saturated heterocycles. The Kier molecular flexibility index (Phi) is 6.56. The summed E-state index contributed by atoms with van der Waals surface area (Å²) in [6.45, 7) is 6.31. The first-order valence-corrected chi connectivity index (χ1v) is 12.8.